The smallest absolute Gasteiger partial charge is 0.253 e. The average Bonchev–Trinajstić information content (AvgIpc) is 2.91. The molecule has 2 amide bonds. The van der Waals surface area contributed by atoms with Crippen LogP contribution in [0.3, 0.4) is 0 Å². The molecule has 0 unspecified atom stereocenters. The van der Waals surface area contributed by atoms with Gasteiger partial charge in [-0.15, -0.1) is 0 Å². The van der Waals surface area contributed by atoms with Crippen molar-refractivity contribution in [3.05, 3.63) is 69.5 Å². The molecule has 4 nitrogen and oxygen atoms in total. The quantitative estimate of drug-likeness (QED) is 0.768. The molecular formula is C20H19Cl2FN2O2. The second-order valence-corrected chi connectivity index (χ2v) is 7.22. The van der Waals surface area contributed by atoms with E-state index >= 15 is 0 Å². The van der Waals surface area contributed by atoms with Crippen LogP contribution in [0.5, 0.6) is 0 Å². The van der Waals surface area contributed by atoms with Gasteiger partial charge in [-0.25, -0.2) is 4.39 Å². The zero-order valence-corrected chi connectivity index (χ0v) is 16.1. The van der Waals surface area contributed by atoms with Gasteiger partial charge in [-0.2, -0.15) is 0 Å². The van der Waals surface area contributed by atoms with Crippen molar-refractivity contribution in [1.29, 1.82) is 0 Å². The maximum atomic E-state index is 13.0. The summed E-state index contributed by atoms with van der Waals surface area (Å²) in [6, 6.07) is 10.7. The van der Waals surface area contributed by atoms with Crippen molar-refractivity contribution in [3.63, 3.8) is 0 Å². The lowest BCUT2D eigenvalue weighted by Crippen LogP contribution is -2.38. The van der Waals surface area contributed by atoms with Crippen molar-refractivity contribution < 1.29 is 14.0 Å². The molecule has 0 atom stereocenters. The summed E-state index contributed by atoms with van der Waals surface area (Å²) in [4.78, 5) is 28.7. The van der Waals surface area contributed by atoms with Gasteiger partial charge in [0.1, 0.15) is 5.82 Å². The monoisotopic (exact) mass is 408 g/mol. The first-order chi connectivity index (χ1) is 13.0. The van der Waals surface area contributed by atoms with Crippen molar-refractivity contribution >= 4 is 35.0 Å². The predicted molar refractivity (Wildman–Crippen MR) is 104 cm³/mol. The minimum Gasteiger partial charge on any atom is -0.341 e. The van der Waals surface area contributed by atoms with Gasteiger partial charge in [0, 0.05) is 41.8 Å². The minimum absolute atomic E-state index is 0.0684. The van der Waals surface area contributed by atoms with Crippen LogP contribution in [0, 0.1) is 5.82 Å². The molecule has 142 valence electrons. The molecule has 27 heavy (non-hydrogen) atoms. The third-order valence-corrected chi connectivity index (χ3v) is 5.32. The maximum absolute atomic E-state index is 13.0. The van der Waals surface area contributed by atoms with Gasteiger partial charge in [-0.05, 0) is 48.4 Å². The molecule has 0 bridgehead atoms. The number of hydrogen-bond donors (Lipinski definition) is 0. The van der Waals surface area contributed by atoms with E-state index in [0.29, 0.717) is 53.8 Å². The molecule has 1 heterocycles. The summed E-state index contributed by atoms with van der Waals surface area (Å²) in [5, 5.41) is 0.942. The lowest BCUT2D eigenvalue weighted by atomic mass is 10.1. The van der Waals surface area contributed by atoms with Gasteiger partial charge in [0.2, 0.25) is 5.91 Å². The summed E-state index contributed by atoms with van der Waals surface area (Å²) >= 11 is 12.3. The van der Waals surface area contributed by atoms with E-state index in [9.17, 15) is 14.0 Å². The largest absolute Gasteiger partial charge is 0.341 e. The fraction of sp³-hybridized carbons (Fsp3) is 0.300. The second-order valence-electron chi connectivity index (χ2n) is 6.41. The molecule has 0 radical (unpaired) electrons. The zero-order valence-electron chi connectivity index (χ0n) is 14.6. The Morgan fingerprint density at radius 1 is 0.889 bits per heavy atom. The number of carbonyl (C=O) groups excluding carboxylic acids is 2. The van der Waals surface area contributed by atoms with Gasteiger partial charge in [0.15, 0.2) is 0 Å². The summed E-state index contributed by atoms with van der Waals surface area (Å²) in [5.41, 5.74) is 1.06. The van der Waals surface area contributed by atoms with Gasteiger partial charge in [0.05, 0.1) is 6.42 Å². The summed E-state index contributed by atoms with van der Waals surface area (Å²) in [7, 11) is 0. The molecule has 0 spiro atoms. The number of carbonyl (C=O) groups is 2. The van der Waals surface area contributed by atoms with Crippen molar-refractivity contribution in [2.45, 2.75) is 12.8 Å². The zero-order chi connectivity index (χ0) is 19.4. The topological polar surface area (TPSA) is 40.6 Å². The number of rotatable bonds is 3. The SMILES string of the molecule is O=C(Cc1c(Cl)cccc1Cl)N1CCCN(C(=O)c2ccc(F)cc2)CC1. The van der Waals surface area contributed by atoms with E-state index in [-0.39, 0.29) is 24.1 Å². The molecular weight excluding hydrogens is 390 g/mol. The highest BCUT2D eigenvalue weighted by Gasteiger charge is 2.23. The Kier molecular flexibility index (Phi) is 6.34. The van der Waals surface area contributed by atoms with E-state index in [1.165, 1.54) is 24.3 Å². The molecule has 0 aromatic heterocycles. The maximum Gasteiger partial charge on any atom is 0.253 e. The van der Waals surface area contributed by atoms with Crippen LogP contribution in [-0.4, -0.2) is 47.8 Å². The Hall–Kier alpha value is -2.11. The average molecular weight is 409 g/mol. The molecule has 3 rings (SSSR count). The number of halogens is 3. The molecule has 2 aromatic carbocycles. The predicted octanol–water partition coefficient (Wildman–Crippen LogP) is 4.05. The Balaban J connectivity index is 1.63. The summed E-state index contributed by atoms with van der Waals surface area (Å²) in [5.74, 6) is -0.600. The van der Waals surface area contributed by atoms with Gasteiger partial charge in [-0.3, -0.25) is 9.59 Å². The van der Waals surface area contributed by atoms with E-state index < -0.39 is 0 Å². The summed E-state index contributed by atoms with van der Waals surface area (Å²) in [6.07, 6.45) is 0.805. The van der Waals surface area contributed by atoms with Gasteiger partial charge >= 0.3 is 0 Å². The molecule has 1 fully saturated rings. The first-order valence-corrected chi connectivity index (χ1v) is 9.47. The van der Waals surface area contributed by atoms with Crippen molar-refractivity contribution in [1.82, 2.24) is 9.80 Å². The van der Waals surface area contributed by atoms with E-state index in [2.05, 4.69) is 0 Å². The highest BCUT2D eigenvalue weighted by atomic mass is 35.5. The number of nitrogens with zero attached hydrogens (tertiary/aromatic N) is 2. The molecule has 0 saturated carbocycles. The van der Waals surface area contributed by atoms with Crippen LogP contribution in [0.15, 0.2) is 42.5 Å². The van der Waals surface area contributed by atoms with Crippen LogP contribution in [0.1, 0.15) is 22.3 Å². The van der Waals surface area contributed by atoms with Crippen LogP contribution < -0.4 is 0 Å². The fourth-order valence-corrected chi connectivity index (χ4v) is 3.64. The highest BCUT2D eigenvalue weighted by molar-refractivity contribution is 6.36. The molecule has 0 N–H and O–H groups in total. The van der Waals surface area contributed by atoms with E-state index in [1.807, 2.05) is 0 Å². The van der Waals surface area contributed by atoms with E-state index in [4.69, 9.17) is 23.2 Å². The third kappa shape index (κ3) is 4.79. The second kappa shape index (κ2) is 8.72. The first-order valence-electron chi connectivity index (χ1n) is 8.71. The molecule has 1 aliphatic heterocycles. The van der Waals surface area contributed by atoms with Crippen molar-refractivity contribution in [2.75, 3.05) is 26.2 Å². The van der Waals surface area contributed by atoms with Gasteiger partial charge < -0.3 is 9.80 Å². The van der Waals surface area contributed by atoms with Crippen LogP contribution in [0.25, 0.3) is 0 Å². The third-order valence-electron chi connectivity index (χ3n) is 4.62. The lowest BCUT2D eigenvalue weighted by Gasteiger charge is -2.22. The minimum atomic E-state index is -0.377. The van der Waals surface area contributed by atoms with E-state index in [0.717, 1.165) is 0 Å². The van der Waals surface area contributed by atoms with Gasteiger partial charge in [0.25, 0.3) is 5.91 Å². The van der Waals surface area contributed by atoms with Crippen LogP contribution in [0.4, 0.5) is 4.39 Å². The van der Waals surface area contributed by atoms with Crippen molar-refractivity contribution in [3.8, 4) is 0 Å². The Labute approximate surface area is 167 Å². The molecule has 0 aliphatic carbocycles. The Morgan fingerprint density at radius 3 is 2.15 bits per heavy atom. The molecule has 1 saturated heterocycles. The summed E-state index contributed by atoms with van der Waals surface area (Å²) in [6.45, 7) is 1.98. The Bertz CT molecular complexity index is 822. The first kappa shape index (κ1) is 19.6. The van der Waals surface area contributed by atoms with Gasteiger partial charge in [-0.1, -0.05) is 29.3 Å². The van der Waals surface area contributed by atoms with Crippen molar-refractivity contribution in [2.24, 2.45) is 0 Å². The highest BCUT2D eigenvalue weighted by Crippen LogP contribution is 2.25. The normalized spacial score (nSPS) is 14.8. The lowest BCUT2D eigenvalue weighted by molar-refractivity contribution is -0.130. The van der Waals surface area contributed by atoms with Crippen LogP contribution in [0.2, 0.25) is 10.0 Å². The van der Waals surface area contributed by atoms with E-state index in [1.54, 1.807) is 28.0 Å². The molecule has 2 aromatic rings. The molecule has 7 heteroatoms. The number of hydrogen-bond acceptors (Lipinski definition) is 2. The number of amides is 2. The molecule has 1 aliphatic rings. The number of benzene rings is 2. The Morgan fingerprint density at radius 2 is 1.48 bits per heavy atom. The standard InChI is InChI=1S/C20H19Cl2FN2O2/c21-17-3-1-4-18(22)16(17)13-19(26)24-9-2-10-25(12-11-24)20(27)14-5-7-15(23)8-6-14/h1,3-8H,2,9-13H2. The van der Waals surface area contributed by atoms with Crippen LogP contribution in [-0.2, 0) is 11.2 Å². The van der Waals surface area contributed by atoms with Crippen LogP contribution >= 0.6 is 23.2 Å². The fourth-order valence-electron chi connectivity index (χ4n) is 3.11. The summed E-state index contributed by atoms with van der Waals surface area (Å²) < 4.78 is 13.0.